The van der Waals surface area contributed by atoms with Crippen molar-refractivity contribution in [1.29, 1.82) is 0 Å². The molecule has 6 atom stereocenters. The average molecular weight is 777 g/mol. The van der Waals surface area contributed by atoms with Crippen LogP contribution in [-0.4, -0.2) is 109 Å². The number of nitrogens with zero attached hydrogens (tertiary/aromatic N) is 2. The number of alkyl carbamates (subject to hydrolysis) is 1. The summed E-state index contributed by atoms with van der Waals surface area (Å²) in [5, 5.41) is 9.88. The van der Waals surface area contributed by atoms with Crippen LogP contribution in [0.15, 0.2) is 30.3 Å². The van der Waals surface area contributed by atoms with Gasteiger partial charge >= 0.3 is 6.09 Å². The number of amides is 6. The van der Waals surface area contributed by atoms with Crippen LogP contribution < -0.4 is 21.3 Å². The van der Waals surface area contributed by atoms with E-state index in [2.05, 4.69) is 21.3 Å². The summed E-state index contributed by atoms with van der Waals surface area (Å²) < 4.78 is 32.3. The smallest absolute Gasteiger partial charge is 0.408 e. The van der Waals surface area contributed by atoms with Gasteiger partial charge in [-0.3, -0.25) is 28.8 Å². The number of rotatable bonds is 14. The second-order valence-corrected chi connectivity index (χ2v) is 17.6. The Kier molecular flexibility index (Phi) is 14.6. The fourth-order valence-corrected chi connectivity index (χ4v) is 7.35. The van der Waals surface area contributed by atoms with Gasteiger partial charge in [-0.05, 0) is 68.3 Å². The van der Waals surface area contributed by atoms with Crippen LogP contribution in [0.2, 0.25) is 0 Å². The molecule has 0 bridgehead atoms. The van der Waals surface area contributed by atoms with Gasteiger partial charge in [-0.1, -0.05) is 65.0 Å². The predicted molar refractivity (Wildman–Crippen MR) is 199 cm³/mol. The summed E-state index contributed by atoms with van der Waals surface area (Å²) in [4.78, 5) is 96.4. The van der Waals surface area contributed by atoms with Gasteiger partial charge in [0.2, 0.25) is 35.8 Å². The fourth-order valence-electron chi connectivity index (χ4n) is 7.35. The minimum atomic E-state index is -2.86. The number of hydrogen-bond acceptors (Lipinski definition) is 8. The second kappa shape index (κ2) is 17.9. The van der Waals surface area contributed by atoms with Crippen molar-refractivity contribution >= 4 is 41.4 Å². The van der Waals surface area contributed by atoms with Crippen molar-refractivity contribution in [2.75, 3.05) is 27.2 Å². The quantitative estimate of drug-likeness (QED) is 0.208. The summed E-state index contributed by atoms with van der Waals surface area (Å²) in [7, 11) is 3.02. The molecule has 0 spiro atoms. The second-order valence-electron chi connectivity index (χ2n) is 17.6. The van der Waals surface area contributed by atoms with Gasteiger partial charge in [-0.25, -0.2) is 13.6 Å². The SMILES string of the molecule is CN(C)C(=O)C(NC(=O)CNC(=O)C(=O)C(CCC(F)F)NC(=O)[C@@H]1[C@H]2CC(C)(C)CC2CN1C(=O)[C@@H](NC(=O)OC(C)(C)C)C(C)(C)C)c1ccccc1. The molecule has 1 aliphatic heterocycles. The number of carbonyl (C=O) groups is 7. The first-order valence-electron chi connectivity index (χ1n) is 18.6. The maximum Gasteiger partial charge on any atom is 0.408 e. The number of likely N-dealkylation sites (N-methyl/N-ethyl adjacent to an activating group) is 1. The lowest BCUT2D eigenvalue weighted by molar-refractivity contribution is -0.145. The van der Waals surface area contributed by atoms with Gasteiger partial charge in [0.05, 0.1) is 12.6 Å². The Morgan fingerprint density at radius 3 is 2.07 bits per heavy atom. The molecule has 4 N–H and O–H groups in total. The molecule has 6 amide bonds. The van der Waals surface area contributed by atoms with E-state index in [4.69, 9.17) is 4.74 Å². The topological polar surface area (TPSA) is 183 Å². The van der Waals surface area contributed by atoms with Gasteiger partial charge in [-0.2, -0.15) is 0 Å². The van der Waals surface area contributed by atoms with Crippen molar-refractivity contribution in [3.63, 3.8) is 0 Å². The lowest BCUT2D eigenvalue weighted by atomic mass is 9.84. The number of hydrogen-bond donors (Lipinski definition) is 4. The predicted octanol–water partition coefficient (Wildman–Crippen LogP) is 3.35. The van der Waals surface area contributed by atoms with E-state index >= 15 is 0 Å². The molecule has 3 rings (SSSR count). The third-order valence-electron chi connectivity index (χ3n) is 9.77. The minimum Gasteiger partial charge on any atom is -0.444 e. The summed E-state index contributed by atoms with van der Waals surface area (Å²) in [6.07, 6.45) is -3.87. The number of ketones is 1. The van der Waals surface area contributed by atoms with Gasteiger partial charge in [0.15, 0.2) is 0 Å². The van der Waals surface area contributed by atoms with E-state index in [0.29, 0.717) is 18.4 Å². The monoisotopic (exact) mass is 776 g/mol. The van der Waals surface area contributed by atoms with Crippen LogP contribution in [0.5, 0.6) is 0 Å². The summed E-state index contributed by atoms with van der Waals surface area (Å²) in [6.45, 7) is 13.8. The fraction of sp³-hybridized carbons (Fsp3) is 0.667. The molecule has 2 fully saturated rings. The van der Waals surface area contributed by atoms with Crippen molar-refractivity contribution < 1.29 is 47.1 Å². The zero-order chi connectivity index (χ0) is 41.6. The number of likely N-dealkylation sites (tertiary alicyclic amines) is 1. The highest BCUT2D eigenvalue weighted by Crippen LogP contribution is 2.51. The lowest BCUT2D eigenvalue weighted by Gasteiger charge is -2.37. The van der Waals surface area contributed by atoms with Gasteiger partial charge in [-0.15, -0.1) is 0 Å². The molecule has 1 heterocycles. The number of fused-ring (bicyclic) bond motifs is 1. The van der Waals surface area contributed by atoms with E-state index < -0.39 is 102 Å². The Labute approximate surface area is 322 Å². The first kappa shape index (κ1) is 44.8. The largest absolute Gasteiger partial charge is 0.444 e. The van der Waals surface area contributed by atoms with Crippen LogP contribution >= 0.6 is 0 Å². The molecule has 55 heavy (non-hydrogen) atoms. The van der Waals surface area contributed by atoms with Crippen molar-refractivity contribution in [1.82, 2.24) is 31.1 Å². The molecule has 16 heteroatoms. The Morgan fingerprint density at radius 2 is 1.53 bits per heavy atom. The Balaban J connectivity index is 1.83. The van der Waals surface area contributed by atoms with Crippen molar-refractivity contribution in [2.24, 2.45) is 22.7 Å². The van der Waals surface area contributed by atoms with Crippen LogP contribution in [0.1, 0.15) is 92.7 Å². The van der Waals surface area contributed by atoms with Crippen LogP contribution in [0.25, 0.3) is 0 Å². The molecule has 306 valence electrons. The van der Waals surface area contributed by atoms with Gasteiger partial charge < -0.3 is 35.8 Å². The van der Waals surface area contributed by atoms with Crippen molar-refractivity contribution in [3.8, 4) is 0 Å². The molecule has 1 aromatic carbocycles. The maximum absolute atomic E-state index is 14.3. The molecule has 2 aliphatic rings. The van der Waals surface area contributed by atoms with Crippen LogP contribution in [-0.2, 0) is 33.5 Å². The van der Waals surface area contributed by atoms with Crippen molar-refractivity contribution in [3.05, 3.63) is 35.9 Å². The Morgan fingerprint density at radius 1 is 0.909 bits per heavy atom. The minimum absolute atomic E-state index is 0.104. The lowest BCUT2D eigenvalue weighted by Crippen LogP contribution is -2.60. The summed E-state index contributed by atoms with van der Waals surface area (Å²) in [6, 6.07) is 3.33. The summed E-state index contributed by atoms with van der Waals surface area (Å²) in [5.41, 5.74) is -1.37. The number of alkyl halides is 2. The molecular weight excluding hydrogens is 718 g/mol. The zero-order valence-corrected chi connectivity index (χ0v) is 33.6. The van der Waals surface area contributed by atoms with E-state index in [1.807, 2.05) is 13.8 Å². The first-order chi connectivity index (χ1) is 25.3. The standard InChI is InChI=1S/C39H58F2N6O8/c1-37(2,3)31(45-36(54)55-38(4,5)6)35(53)47-21-23-18-39(7,8)19-24(23)29(47)32(50)43-25(16-17-26(40)41)30(49)33(51)42-20-27(48)44-28(34(52)46(9)10)22-14-12-11-13-15-22/h11-15,23-26,28-29,31H,16-21H2,1-10H3,(H,42,51)(H,43,50)(H,44,48)(H,45,54)/t23?,24-,25?,28?,29-,31+/m0/s1. The highest BCUT2D eigenvalue weighted by molar-refractivity contribution is 6.38. The summed E-state index contributed by atoms with van der Waals surface area (Å²) in [5.74, 6) is -5.62. The highest BCUT2D eigenvalue weighted by Gasteiger charge is 2.56. The maximum atomic E-state index is 14.3. The number of ether oxygens (including phenoxy) is 1. The van der Waals surface area contributed by atoms with Crippen LogP contribution in [0, 0.1) is 22.7 Å². The van der Waals surface area contributed by atoms with E-state index in [0.717, 1.165) is 0 Å². The third kappa shape index (κ3) is 12.4. The van der Waals surface area contributed by atoms with Gasteiger partial charge in [0.1, 0.15) is 23.7 Å². The molecule has 1 aromatic rings. The molecule has 1 aliphatic carbocycles. The van der Waals surface area contributed by atoms with Crippen LogP contribution in [0.4, 0.5) is 13.6 Å². The third-order valence-corrected chi connectivity index (χ3v) is 9.77. The van der Waals surface area contributed by atoms with Crippen LogP contribution in [0.3, 0.4) is 0 Å². The Bertz CT molecular complexity index is 1590. The molecule has 14 nitrogen and oxygen atoms in total. The first-order valence-corrected chi connectivity index (χ1v) is 18.6. The summed E-state index contributed by atoms with van der Waals surface area (Å²) >= 11 is 0. The van der Waals surface area contributed by atoms with E-state index in [-0.39, 0.29) is 23.8 Å². The number of carbonyl (C=O) groups excluding carboxylic acids is 7. The number of Topliss-reactive ketones (excluding diaryl/α,β-unsaturated/α-hetero) is 1. The number of nitrogens with one attached hydrogen (secondary N) is 4. The Hall–Kier alpha value is -4.63. The average Bonchev–Trinajstić information content (AvgIpc) is 3.56. The van der Waals surface area contributed by atoms with Crippen molar-refractivity contribution in [2.45, 2.75) is 117 Å². The number of halogens is 2. The molecule has 1 saturated carbocycles. The molecule has 3 unspecified atom stereocenters. The molecule has 1 saturated heterocycles. The normalized spacial score (nSPS) is 20.7. The van der Waals surface area contributed by atoms with E-state index in [1.54, 1.807) is 71.9 Å². The van der Waals surface area contributed by atoms with E-state index in [9.17, 15) is 42.3 Å². The molecule has 0 radical (unpaired) electrons. The van der Waals surface area contributed by atoms with E-state index in [1.165, 1.54) is 23.9 Å². The van der Waals surface area contributed by atoms with Gasteiger partial charge in [0, 0.05) is 27.1 Å². The van der Waals surface area contributed by atoms with Gasteiger partial charge in [0.25, 0.3) is 5.91 Å². The molecule has 0 aromatic heterocycles. The molecular formula is C39H58F2N6O8. The number of benzene rings is 1. The highest BCUT2D eigenvalue weighted by atomic mass is 19.3. The zero-order valence-electron chi connectivity index (χ0n) is 33.6.